The molecule has 63 heavy (non-hydrogen) atoms. The molecule has 2 saturated heterocycles. The molecule has 3 heterocycles. The Bertz CT molecular complexity index is 2570. The van der Waals surface area contributed by atoms with Crippen molar-refractivity contribution in [1.82, 2.24) is 25.4 Å². The highest BCUT2D eigenvalue weighted by Crippen LogP contribution is 2.33. The normalized spacial score (nSPS) is 17.0. The largest absolute Gasteiger partial charge is 0.465 e. The molecule has 2 fully saturated rings. The van der Waals surface area contributed by atoms with E-state index in [1.807, 2.05) is 0 Å². The van der Waals surface area contributed by atoms with Gasteiger partial charge in [-0.2, -0.15) is 5.26 Å². The number of H-pyrrole nitrogens is 1. The van der Waals surface area contributed by atoms with Crippen molar-refractivity contribution in [2.24, 2.45) is 0 Å². The van der Waals surface area contributed by atoms with Crippen molar-refractivity contribution in [2.45, 2.75) is 76.2 Å². The fourth-order valence-corrected chi connectivity index (χ4v) is 8.13. The number of aromatic nitrogens is 1. The van der Waals surface area contributed by atoms with Crippen LogP contribution in [-0.2, 0) is 23.9 Å². The van der Waals surface area contributed by atoms with E-state index in [1.54, 1.807) is 124 Å². The minimum Gasteiger partial charge on any atom is -0.465 e. The summed E-state index contributed by atoms with van der Waals surface area (Å²) in [6.07, 6.45) is -0.133. The molecule has 4 atom stereocenters. The van der Waals surface area contributed by atoms with Gasteiger partial charge in [0.1, 0.15) is 35.8 Å². The summed E-state index contributed by atoms with van der Waals surface area (Å²) in [5.74, 6) is -1.77. The highest BCUT2D eigenvalue weighted by atomic mass is 16.6. The Labute approximate surface area is 363 Å². The molecular formula is C47H48N8O8. The van der Waals surface area contributed by atoms with Gasteiger partial charge in [-0.25, -0.2) is 9.59 Å². The number of fused-ring (bicyclic) bond motifs is 1. The zero-order valence-electron chi connectivity index (χ0n) is 35.0. The molecule has 324 valence electrons. The lowest BCUT2D eigenvalue weighted by Crippen LogP contribution is -2.49. The zero-order chi connectivity index (χ0) is 44.8. The average molecular weight is 853 g/mol. The van der Waals surface area contributed by atoms with Crippen molar-refractivity contribution < 1.29 is 38.6 Å². The molecule has 16 nitrogen and oxygen atoms in total. The number of rotatable bonds is 11. The van der Waals surface area contributed by atoms with E-state index in [9.17, 15) is 39.1 Å². The third-order valence-electron chi connectivity index (χ3n) is 11.0. The van der Waals surface area contributed by atoms with Crippen LogP contribution in [0.25, 0.3) is 22.2 Å². The smallest absolute Gasteiger partial charge is 0.408 e. The number of alkyl carbamates (subject to hydrolysis) is 1. The monoisotopic (exact) mass is 852 g/mol. The van der Waals surface area contributed by atoms with Crippen LogP contribution in [0.2, 0.25) is 0 Å². The van der Waals surface area contributed by atoms with Gasteiger partial charge in [-0.05, 0) is 93.5 Å². The van der Waals surface area contributed by atoms with Gasteiger partial charge in [0.05, 0.1) is 11.3 Å². The van der Waals surface area contributed by atoms with Gasteiger partial charge in [0.25, 0.3) is 11.8 Å². The Morgan fingerprint density at radius 1 is 0.730 bits per heavy atom. The van der Waals surface area contributed by atoms with Crippen molar-refractivity contribution in [3.05, 3.63) is 120 Å². The fraction of sp³-hybridized carbons (Fsp3) is 0.298. The van der Waals surface area contributed by atoms with E-state index >= 15 is 0 Å². The Morgan fingerprint density at radius 2 is 1.24 bits per heavy atom. The standard InChI is InChI=1S/C47H48N8O8/c1-47(2,3)63-46(62)53-40(29-14-8-5-9-15-29)44(59)55-25-11-17-37(55)42(57)50-32-22-23-35-33(26-32)34(27-48)38(51-35)30-18-20-31(21-19-30)49-41(56)36-16-10-24-54(36)43(58)39(52-45(60)61)28-12-6-4-7-13-28/h4-9,12-15,18-23,26,36-37,39-40,51-52H,10-11,16-17,24-25H2,1-3H3,(H,49,56)(H,50,57)(H,53,62)(H,60,61)/t36-,37-,39+,40+/m0/s1. The van der Waals surface area contributed by atoms with Crippen LogP contribution in [0.15, 0.2) is 103 Å². The number of amides is 6. The average Bonchev–Trinajstić information content (AvgIpc) is 4.04. The molecule has 5 aromatic rings. The predicted octanol–water partition coefficient (Wildman–Crippen LogP) is 6.84. The predicted molar refractivity (Wildman–Crippen MR) is 234 cm³/mol. The number of nitrogens with zero attached hydrogens (tertiary/aromatic N) is 3. The van der Waals surface area contributed by atoms with Gasteiger partial charge >= 0.3 is 12.2 Å². The first kappa shape index (κ1) is 43.4. The van der Waals surface area contributed by atoms with E-state index < -0.39 is 65.6 Å². The molecule has 6 amide bonds. The maximum Gasteiger partial charge on any atom is 0.408 e. The van der Waals surface area contributed by atoms with Crippen LogP contribution < -0.4 is 21.3 Å². The van der Waals surface area contributed by atoms with E-state index in [4.69, 9.17) is 4.74 Å². The summed E-state index contributed by atoms with van der Waals surface area (Å²) in [7, 11) is 0. The number of carboxylic acid groups (broad SMARTS) is 1. The van der Waals surface area contributed by atoms with E-state index in [0.717, 1.165) is 0 Å². The number of nitrogens with one attached hydrogen (secondary N) is 5. The number of likely N-dealkylation sites (tertiary alicyclic amines) is 2. The Hall–Kier alpha value is -7.67. The van der Waals surface area contributed by atoms with Crippen LogP contribution in [0.1, 0.15) is 75.2 Å². The molecule has 1 aromatic heterocycles. The molecular weight excluding hydrogens is 805 g/mol. The highest BCUT2D eigenvalue weighted by Gasteiger charge is 2.40. The molecule has 2 aliphatic heterocycles. The number of benzene rings is 4. The summed E-state index contributed by atoms with van der Waals surface area (Å²) >= 11 is 0. The third kappa shape index (κ3) is 9.94. The van der Waals surface area contributed by atoms with Crippen LogP contribution >= 0.6 is 0 Å². The van der Waals surface area contributed by atoms with Gasteiger partial charge in [0.2, 0.25) is 11.8 Å². The van der Waals surface area contributed by atoms with E-state index in [2.05, 4.69) is 32.3 Å². The highest BCUT2D eigenvalue weighted by molar-refractivity contribution is 6.02. The summed E-state index contributed by atoms with van der Waals surface area (Å²) < 4.78 is 5.44. The molecule has 0 spiro atoms. The van der Waals surface area contributed by atoms with Gasteiger partial charge in [-0.3, -0.25) is 19.2 Å². The summed E-state index contributed by atoms with van der Waals surface area (Å²) in [5, 5.41) is 31.1. The van der Waals surface area contributed by atoms with Gasteiger partial charge in [-0.15, -0.1) is 0 Å². The van der Waals surface area contributed by atoms with E-state index in [0.29, 0.717) is 89.0 Å². The topological polar surface area (TPSA) is 226 Å². The SMILES string of the molecule is CC(C)(C)OC(=O)N[C@@H](C(=O)N1CCC[C@H]1C(=O)Nc1ccc2[nH]c(-c3ccc(NC(=O)[C@@H]4CCCN4C(=O)[C@H](NC(=O)O)c4ccccc4)cc3)c(C#N)c2c1)c1ccccc1. The maximum absolute atomic E-state index is 14.1. The lowest BCUT2D eigenvalue weighted by molar-refractivity contribution is -0.138. The van der Waals surface area contributed by atoms with Crippen LogP contribution in [0.4, 0.5) is 21.0 Å². The second-order valence-electron chi connectivity index (χ2n) is 16.5. The second-order valence-corrected chi connectivity index (χ2v) is 16.5. The summed E-state index contributed by atoms with van der Waals surface area (Å²) in [6.45, 7) is 5.80. The lowest BCUT2D eigenvalue weighted by Gasteiger charge is -2.29. The van der Waals surface area contributed by atoms with Crippen LogP contribution in [0.5, 0.6) is 0 Å². The molecule has 2 aliphatic rings. The molecule has 0 bridgehead atoms. The third-order valence-corrected chi connectivity index (χ3v) is 11.0. The first-order valence-electron chi connectivity index (χ1n) is 20.7. The molecule has 0 unspecified atom stereocenters. The molecule has 16 heteroatoms. The molecule has 0 saturated carbocycles. The number of aromatic amines is 1. The number of carbonyl (C=O) groups is 6. The van der Waals surface area contributed by atoms with Crippen molar-refractivity contribution in [1.29, 1.82) is 5.26 Å². The molecule has 0 radical (unpaired) electrons. The van der Waals surface area contributed by atoms with Crippen molar-refractivity contribution >= 4 is 58.1 Å². The summed E-state index contributed by atoms with van der Waals surface area (Å²) in [6, 6.07) is 27.7. The Morgan fingerprint density at radius 3 is 1.75 bits per heavy atom. The number of hydrogen-bond donors (Lipinski definition) is 6. The number of carbonyl (C=O) groups excluding carboxylic acids is 5. The van der Waals surface area contributed by atoms with E-state index in [-0.39, 0.29) is 0 Å². The van der Waals surface area contributed by atoms with Gasteiger partial charge in [-0.1, -0.05) is 72.8 Å². The summed E-state index contributed by atoms with van der Waals surface area (Å²) in [5.41, 5.74) is 3.27. The Kier molecular flexibility index (Phi) is 12.8. The van der Waals surface area contributed by atoms with Crippen molar-refractivity contribution in [3.8, 4) is 17.3 Å². The number of ether oxygens (including phenoxy) is 1. The quantitative estimate of drug-likeness (QED) is 0.0817. The second kappa shape index (κ2) is 18.5. The van der Waals surface area contributed by atoms with Crippen LogP contribution in [0.3, 0.4) is 0 Å². The molecule has 7 rings (SSSR count). The first-order valence-corrected chi connectivity index (χ1v) is 20.7. The zero-order valence-corrected chi connectivity index (χ0v) is 35.0. The molecule has 6 N–H and O–H groups in total. The first-order chi connectivity index (χ1) is 30.2. The number of nitriles is 1. The number of anilines is 2. The molecule has 4 aromatic carbocycles. The molecule has 0 aliphatic carbocycles. The van der Waals surface area contributed by atoms with Crippen molar-refractivity contribution in [2.75, 3.05) is 23.7 Å². The lowest BCUT2D eigenvalue weighted by atomic mass is 10.0. The fourth-order valence-electron chi connectivity index (χ4n) is 8.13. The van der Waals surface area contributed by atoms with Gasteiger partial charge in [0, 0.05) is 35.4 Å². The Balaban J connectivity index is 1.03. The van der Waals surface area contributed by atoms with Crippen LogP contribution in [0, 0.1) is 11.3 Å². The van der Waals surface area contributed by atoms with E-state index in [1.165, 1.54) is 9.80 Å². The van der Waals surface area contributed by atoms with Crippen molar-refractivity contribution in [3.63, 3.8) is 0 Å². The summed E-state index contributed by atoms with van der Waals surface area (Å²) in [4.78, 5) is 85.6. The minimum atomic E-state index is -1.36. The maximum atomic E-state index is 14.1. The van der Waals surface area contributed by atoms with Gasteiger partial charge in [0.15, 0.2) is 0 Å². The van der Waals surface area contributed by atoms with Gasteiger partial charge < -0.3 is 45.9 Å². The number of hydrogen-bond acceptors (Lipinski definition) is 8. The minimum absolute atomic E-state index is 0.298. The van der Waals surface area contributed by atoms with Crippen LogP contribution in [-0.4, -0.2) is 86.5 Å².